The molecule has 4 rings (SSSR count). The predicted molar refractivity (Wildman–Crippen MR) is 106 cm³/mol. The summed E-state index contributed by atoms with van der Waals surface area (Å²) in [5, 5.41) is 14.8. The van der Waals surface area contributed by atoms with Crippen molar-refractivity contribution >= 4 is 22.4 Å². The normalized spacial score (nSPS) is 10.9. The standard InChI is InChI=1S/C20H18N6O2/c1-12-9-13(2)26(25-12)18-8-7-14(11-21-18)22-19(27)10-17-15-5-3-4-6-16(15)20(28)24-23-17/h3-9,11H,10H2,1-2H3,(H,22,27)(H,24,28). The Morgan fingerprint density at radius 2 is 1.93 bits per heavy atom. The van der Waals surface area contributed by atoms with Gasteiger partial charge in [0.25, 0.3) is 5.56 Å². The number of rotatable bonds is 4. The van der Waals surface area contributed by atoms with Gasteiger partial charge in [-0.25, -0.2) is 14.8 Å². The van der Waals surface area contributed by atoms with E-state index in [-0.39, 0.29) is 17.9 Å². The summed E-state index contributed by atoms with van der Waals surface area (Å²) in [4.78, 5) is 28.6. The van der Waals surface area contributed by atoms with Crippen LogP contribution < -0.4 is 10.9 Å². The van der Waals surface area contributed by atoms with Crippen molar-refractivity contribution in [2.24, 2.45) is 0 Å². The third kappa shape index (κ3) is 3.39. The molecule has 1 amide bonds. The lowest BCUT2D eigenvalue weighted by molar-refractivity contribution is -0.115. The summed E-state index contributed by atoms with van der Waals surface area (Å²) in [5.74, 6) is 0.433. The maximum Gasteiger partial charge on any atom is 0.272 e. The summed E-state index contributed by atoms with van der Waals surface area (Å²) in [6.45, 7) is 3.88. The SMILES string of the molecule is Cc1cc(C)n(-c2ccc(NC(=O)Cc3n[nH]c(=O)c4ccccc34)cn2)n1. The second-order valence-electron chi connectivity index (χ2n) is 6.51. The van der Waals surface area contributed by atoms with Crippen LogP contribution in [0, 0.1) is 13.8 Å². The molecule has 8 nitrogen and oxygen atoms in total. The molecule has 2 N–H and O–H groups in total. The molecular weight excluding hydrogens is 356 g/mol. The lowest BCUT2D eigenvalue weighted by Crippen LogP contribution is -2.18. The van der Waals surface area contributed by atoms with E-state index in [4.69, 9.17) is 0 Å². The van der Waals surface area contributed by atoms with Crippen LogP contribution in [0.3, 0.4) is 0 Å². The number of anilines is 1. The van der Waals surface area contributed by atoms with Gasteiger partial charge in [0.1, 0.15) is 0 Å². The number of H-pyrrole nitrogens is 1. The summed E-state index contributed by atoms with van der Waals surface area (Å²) < 4.78 is 1.75. The molecule has 4 aromatic rings. The van der Waals surface area contributed by atoms with Crippen LogP contribution in [0.5, 0.6) is 0 Å². The van der Waals surface area contributed by atoms with Crippen molar-refractivity contribution in [3.05, 3.63) is 76.1 Å². The molecule has 1 aromatic carbocycles. The molecule has 0 aliphatic carbocycles. The Morgan fingerprint density at radius 3 is 2.61 bits per heavy atom. The maximum absolute atomic E-state index is 12.4. The minimum atomic E-state index is -0.274. The number of benzene rings is 1. The van der Waals surface area contributed by atoms with E-state index in [9.17, 15) is 9.59 Å². The molecule has 0 aliphatic heterocycles. The van der Waals surface area contributed by atoms with Gasteiger partial charge in [-0.15, -0.1) is 0 Å². The van der Waals surface area contributed by atoms with E-state index in [1.165, 1.54) is 0 Å². The van der Waals surface area contributed by atoms with Gasteiger partial charge in [-0.2, -0.15) is 10.2 Å². The number of nitrogens with zero attached hydrogens (tertiary/aromatic N) is 4. The van der Waals surface area contributed by atoms with Crippen LogP contribution >= 0.6 is 0 Å². The monoisotopic (exact) mass is 374 g/mol. The van der Waals surface area contributed by atoms with Crippen molar-refractivity contribution in [2.75, 3.05) is 5.32 Å². The fourth-order valence-electron chi connectivity index (χ4n) is 3.11. The number of aromatic amines is 1. The minimum absolute atomic E-state index is 0.0382. The number of aryl methyl sites for hydroxylation is 2. The summed E-state index contributed by atoms with van der Waals surface area (Å²) >= 11 is 0. The highest BCUT2D eigenvalue weighted by atomic mass is 16.1. The second-order valence-corrected chi connectivity index (χ2v) is 6.51. The molecule has 0 radical (unpaired) electrons. The topological polar surface area (TPSA) is 106 Å². The Bertz CT molecular complexity index is 1220. The summed E-state index contributed by atoms with van der Waals surface area (Å²) in [6.07, 6.45) is 1.62. The van der Waals surface area contributed by atoms with Crippen LogP contribution in [0.1, 0.15) is 17.1 Å². The van der Waals surface area contributed by atoms with Gasteiger partial charge >= 0.3 is 0 Å². The smallest absolute Gasteiger partial charge is 0.272 e. The highest BCUT2D eigenvalue weighted by molar-refractivity contribution is 5.95. The Balaban J connectivity index is 1.51. The molecule has 0 saturated carbocycles. The molecule has 0 unspecified atom stereocenters. The van der Waals surface area contributed by atoms with Crippen molar-refractivity contribution in [1.29, 1.82) is 0 Å². The highest BCUT2D eigenvalue weighted by Gasteiger charge is 2.11. The van der Waals surface area contributed by atoms with E-state index < -0.39 is 0 Å². The average Bonchev–Trinajstić information content (AvgIpc) is 3.03. The predicted octanol–water partition coefficient (Wildman–Crippen LogP) is 2.30. The molecule has 0 bridgehead atoms. The van der Waals surface area contributed by atoms with Crippen LogP contribution in [0.2, 0.25) is 0 Å². The quantitative estimate of drug-likeness (QED) is 0.570. The first-order valence-electron chi connectivity index (χ1n) is 8.77. The first-order valence-corrected chi connectivity index (χ1v) is 8.77. The molecule has 3 heterocycles. The van der Waals surface area contributed by atoms with Gasteiger partial charge in [0.15, 0.2) is 5.82 Å². The zero-order valence-corrected chi connectivity index (χ0v) is 15.4. The van der Waals surface area contributed by atoms with Crippen LogP contribution in [-0.2, 0) is 11.2 Å². The third-order valence-electron chi connectivity index (χ3n) is 4.36. The molecule has 0 saturated heterocycles. The Labute approximate surface area is 160 Å². The summed E-state index contributed by atoms with van der Waals surface area (Å²) in [5.41, 5.74) is 2.71. The van der Waals surface area contributed by atoms with E-state index >= 15 is 0 Å². The number of fused-ring (bicyclic) bond motifs is 1. The van der Waals surface area contributed by atoms with E-state index in [0.29, 0.717) is 28.0 Å². The fourth-order valence-corrected chi connectivity index (χ4v) is 3.11. The lowest BCUT2D eigenvalue weighted by atomic mass is 10.1. The molecular formula is C20H18N6O2. The summed E-state index contributed by atoms with van der Waals surface area (Å²) in [6, 6.07) is 12.6. The minimum Gasteiger partial charge on any atom is -0.324 e. The van der Waals surface area contributed by atoms with Gasteiger partial charge < -0.3 is 5.32 Å². The third-order valence-corrected chi connectivity index (χ3v) is 4.36. The van der Waals surface area contributed by atoms with Crippen molar-refractivity contribution < 1.29 is 4.79 Å². The number of pyridine rings is 1. The molecule has 0 atom stereocenters. The Hall–Kier alpha value is -3.81. The number of carbonyl (C=O) groups excluding carboxylic acids is 1. The molecule has 140 valence electrons. The molecule has 28 heavy (non-hydrogen) atoms. The maximum atomic E-state index is 12.4. The zero-order chi connectivity index (χ0) is 19.7. The average molecular weight is 374 g/mol. The van der Waals surface area contributed by atoms with Gasteiger partial charge in [0.05, 0.1) is 35.1 Å². The van der Waals surface area contributed by atoms with Gasteiger partial charge in [0, 0.05) is 11.1 Å². The highest BCUT2D eigenvalue weighted by Crippen LogP contribution is 2.15. The fraction of sp³-hybridized carbons (Fsp3) is 0.150. The number of hydrogen-bond donors (Lipinski definition) is 2. The van der Waals surface area contributed by atoms with Gasteiger partial charge in [0.2, 0.25) is 5.91 Å². The van der Waals surface area contributed by atoms with Crippen LogP contribution in [0.15, 0.2) is 53.5 Å². The van der Waals surface area contributed by atoms with Gasteiger partial charge in [-0.05, 0) is 38.1 Å². The van der Waals surface area contributed by atoms with Gasteiger partial charge in [-0.1, -0.05) is 18.2 Å². The lowest BCUT2D eigenvalue weighted by Gasteiger charge is -2.08. The van der Waals surface area contributed by atoms with E-state index in [1.54, 1.807) is 41.2 Å². The van der Waals surface area contributed by atoms with Crippen LogP contribution in [-0.4, -0.2) is 30.9 Å². The number of amides is 1. The molecule has 0 aliphatic rings. The largest absolute Gasteiger partial charge is 0.324 e. The zero-order valence-electron chi connectivity index (χ0n) is 15.4. The van der Waals surface area contributed by atoms with E-state index in [2.05, 4.69) is 25.6 Å². The van der Waals surface area contributed by atoms with E-state index in [1.807, 2.05) is 26.0 Å². The summed E-state index contributed by atoms with van der Waals surface area (Å²) in [7, 11) is 0. The van der Waals surface area contributed by atoms with Crippen LogP contribution in [0.4, 0.5) is 5.69 Å². The van der Waals surface area contributed by atoms with Crippen molar-refractivity contribution in [3.63, 3.8) is 0 Å². The Kier molecular flexibility index (Phi) is 4.44. The number of carbonyl (C=O) groups is 1. The van der Waals surface area contributed by atoms with Gasteiger partial charge in [-0.3, -0.25) is 9.59 Å². The second kappa shape index (κ2) is 7.07. The first kappa shape index (κ1) is 17.6. The van der Waals surface area contributed by atoms with Crippen molar-refractivity contribution in [1.82, 2.24) is 25.0 Å². The molecule has 8 heteroatoms. The number of nitrogens with one attached hydrogen (secondary N) is 2. The molecule has 0 spiro atoms. The molecule has 3 aromatic heterocycles. The van der Waals surface area contributed by atoms with Crippen molar-refractivity contribution in [2.45, 2.75) is 20.3 Å². The van der Waals surface area contributed by atoms with Crippen LogP contribution in [0.25, 0.3) is 16.6 Å². The number of hydrogen-bond acceptors (Lipinski definition) is 5. The Morgan fingerprint density at radius 1 is 1.14 bits per heavy atom. The molecule has 0 fully saturated rings. The van der Waals surface area contributed by atoms with Crippen molar-refractivity contribution in [3.8, 4) is 5.82 Å². The first-order chi connectivity index (χ1) is 13.5. The number of aromatic nitrogens is 5. The van der Waals surface area contributed by atoms with E-state index in [0.717, 1.165) is 11.4 Å².